The van der Waals surface area contributed by atoms with Gasteiger partial charge in [-0.15, -0.1) is 12.4 Å². The van der Waals surface area contributed by atoms with Crippen molar-refractivity contribution >= 4 is 34.0 Å². The summed E-state index contributed by atoms with van der Waals surface area (Å²) in [6, 6.07) is 0. The molecule has 0 spiro atoms. The van der Waals surface area contributed by atoms with Crippen LogP contribution in [0.4, 0.5) is 14.6 Å². The standard InChI is InChI=1S/C25H31F2N3O3S.ClH/c26-23-8-15-9-24(27,12-23)14-25(10-15,13-23)29-21-20-17-2-1-16(7-17)19(20)18(11-28-21)22(31)30-3-5-34(32,33)6-4-30;/h11,15-17H,1-10,12-14H2,(H,28,29);1H. The second-order valence-electron chi connectivity index (χ2n) is 12.2. The van der Waals surface area contributed by atoms with Gasteiger partial charge in [-0.3, -0.25) is 4.79 Å². The number of nitrogens with zero attached hydrogens (tertiary/aromatic N) is 2. The van der Waals surface area contributed by atoms with Gasteiger partial charge in [0.1, 0.15) is 17.2 Å². The van der Waals surface area contributed by atoms with Crippen molar-refractivity contribution in [3.8, 4) is 0 Å². The lowest BCUT2D eigenvalue weighted by atomic mass is 9.50. The molecule has 6 fully saturated rings. The number of rotatable bonds is 3. The lowest BCUT2D eigenvalue weighted by Gasteiger charge is -2.61. The molecule has 1 aromatic heterocycles. The number of alkyl halides is 2. The lowest BCUT2D eigenvalue weighted by molar-refractivity contribution is -0.137. The average Bonchev–Trinajstić information content (AvgIpc) is 3.33. The van der Waals surface area contributed by atoms with E-state index in [0.717, 1.165) is 36.8 Å². The Kier molecular flexibility index (Phi) is 5.14. The van der Waals surface area contributed by atoms with Crippen LogP contribution >= 0.6 is 12.4 Å². The number of amides is 1. The van der Waals surface area contributed by atoms with Crippen molar-refractivity contribution in [2.45, 2.75) is 86.5 Å². The third kappa shape index (κ3) is 3.70. The quantitative estimate of drug-likeness (QED) is 0.634. The first-order valence-corrected chi connectivity index (χ1v) is 14.6. The molecule has 4 atom stereocenters. The van der Waals surface area contributed by atoms with Crippen LogP contribution in [0.15, 0.2) is 6.20 Å². The monoisotopic (exact) mass is 527 g/mol. The summed E-state index contributed by atoms with van der Waals surface area (Å²) in [7, 11) is -3.08. The zero-order chi connectivity index (χ0) is 23.5. The van der Waals surface area contributed by atoms with Gasteiger partial charge in [0.15, 0.2) is 9.84 Å². The molecule has 6 nitrogen and oxygen atoms in total. The summed E-state index contributed by atoms with van der Waals surface area (Å²) < 4.78 is 54.7. The molecule has 35 heavy (non-hydrogen) atoms. The van der Waals surface area contributed by atoms with Crippen LogP contribution in [0.1, 0.15) is 91.1 Å². The number of aromatic nitrogens is 1. The Hall–Kier alpha value is -1.48. The molecule has 5 saturated carbocycles. The van der Waals surface area contributed by atoms with Gasteiger partial charge in [0, 0.05) is 49.7 Å². The molecule has 6 bridgehead atoms. The third-order valence-electron chi connectivity index (χ3n) is 9.59. The normalized spacial score (nSPS) is 42.0. The summed E-state index contributed by atoms with van der Waals surface area (Å²) >= 11 is 0. The molecule has 1 N–H and O–H groups in total. The number of hydrogen-bond acceptors (Lipinski definition) is 5. The second kappa shape index (κ2) is 7.53. The predicted octanol–water partition coefficient (Wildman–Crippen LogP) is 4.30. The van der Waals surface area contributed by atoms with E-state index in [1.165, 1.54) is 0 Å². The smallest absolute Gasteiger partial charge is 0.255 e. The van der Waals surface area contributed by atoms with E-state index in [-0.39, 0.29) is 55.2 Å². The second-order valence-corrected chi connectivity index (χ2v) is 14.5. The Morgan fingerprint density at radius 3 is 2.26 bits per heavy atom. The van der Waals surface area contributed by atoms with E-state index in [4.69, 9.17) is 4.98 Å². The van der Waals surface area contributed by atoms with Crippen molar-refractivity contribution in [1.29, 1.82) is 0 Å². The highest BCUT2D eigenvalue weighted by Gasteiger charge is 2.65. The van der Waals surface area contributed by atoms with E-state index in [0.29, 0.717) is 48.9 Å². The summed E-state index contributed by atoms with van der Waals surface area (Å²) in [5.74, 6) is 1.26. The van der Waals surface area contributed by atoms with Gasteiger partial charge in [0.05, 0.1) is 17.1 Å². The molecular weight excluding hydrogens is 496 g/mol. The van der Waals surface area contributed by atoms with E-state index < -0.39 is 26.7 Å². The Labute approximate surface area is 210 Å². The first-order valence-electron chi connectivity index (χ1n) is 12.7. The summed E-state index contributed by atoms with van der Waals surface area (Å²) in [5.41, 5.74) is -0.786. The van der Waals surface area contributed by atoms with Crippen molar-refractivity contribution in [2.75, 3.05) is 29.9 Å². The Morgan fingerprint density at radius 2 is 1.63 bits per heavy atom. The van der Waals surface area contributed by atoms with Crippen LogP contribution in [0.2, 0.25) is 0 Å². The zero-order valence-corrected chi connectivity index (χ0v) is 21.3. The Balaban J connectivity index is 0.00000229. The minimum Gasteiger partial charge on any atom is -0.364 e. The minimum atomic E-state index is -3.08. The van der Waals surface area contributed by atoms with E-state index in [9.17, 15) is 13.2 Å². The van der Waals surface area contributed by atoms with E-state index in [2.05, 4.69) is 5.32 Å². The molecule has 7 aliphatic rings. The maximum Gasteiger partial charge on any atom is 0.255 e. The number of anilines is 1. The molecule has 192 valence electrons. The molecule has 1 amide bonds. The zero-order valence-electron chi connectivity index (χ0n) is 19.7. The van der Waals surface area contributed by atoms with Gasteiger partial charge < -0.3 is 10.2 Å². The number of nitrogens with one attached hydrogen (secondary N) is 1. The average molecular weight is 528 g/mol. The highest BCUT2D eigenvalue weighted by molar-refractivity contribution is 7.91. The van der Waals surface area contributed by atoms with Gasteiger partial charge in [-0.2, -0.15) is 0 Å². The number of carbonyl (C=O) groups is 1. The first-order chi connectivity index (χ1) is 16.1. The molecule has 2 heterocycles. The van der Waals surface area contributed by atoms with Crippen LogP contribution in [0.3, 0.4) is 0 Å². The largest absolute Gasteiger partial charge is 0.364 e. The van der Waals surface area contributed by atoms with Gasteiger partial charge in [0.2, 0.25) is 0 Å². The van der Waals surface area contributed by atoms with Gasteiger partial charge in [-0.1, -0.05) is 0 Å². The molecule has 0 radical (unpaired) electrons. The maximum atomic E-state index is 15.5. The van der Waals surface area contributed by atoms with Crippen molar-refractivity contribution in [2.24, 2.45) is 5.92 Å². The summed E-state index contributed by atoms with van der Waals surface area (Å²) in [6.45, 7) is 0.428. The number of carbonyl (C=O) groups excluding carboxylic acids is 1. The van der Waals surface area contributed by atoms with Crippen LogP contribution in [0.25, 0.3) is 0 Å². The molecule has 1 aliphatic heterocycles. The van der Waals surface area contributed by atoms with Gasteiger partial charge >= 0.3 is 0 Å². The molecule has 10 heteroatoms. The molecule has 4 unspecified atom stereocenters. The van der Waals surface area contributed by atoms with Crippen LogP contribution in [0, 0.1) is 5.92 Å². The molecule has 1 saturated heterocycles. The third-order valence-corrected chi connectivity index (χ3v) is 11.2. The number of fused-ring (bicyclic) bond motifs is 5. The topological polar surface area (TPSA) is 79.4 Å². The fourth-order valence-corrected chi connectivity index (χ4v) is 10.1. The van der Waals surface area contributed by atoms with Crippen molar-refractivity contribution in [3.05, 3.63) is 22.9 Å². The van der Waals surface area contributed by atoms with Crippen LogP contribution < -0.4 is 5.32 Å². The van der Waals surface area contributed by atoms with E-state index in [1.54, 1.807) is 11.1 Å². The van der Waals surface area contributed by atoms with E-state index in [1.807, 2.05) is 0 Å². The number of halogens is 3. The van der Waals surface area contributed by atoms with Crippen LogP contribution in [-0.2, 0) is 9.84 Å². The van der Waals surface area contributed by atoms with Crippen molar-refractivity contribution < 1.29 is 22.0 Å². The SMILES string of the molecule is Cl.O=C(c1cnc(NC23CC4CC(F)(CC(F)(C4)C2)C3)c2c1C1CCC2C1)N1CCS(=O)(=O)CC1. The number of pyridine rings is 1. The summed E-state index contributed by atoms with van der Waals surface area (Å²) in [4.78, 5) is 19.8. The Morgan fingerprint density at radius 1 is 1.00 bits per heavy atom. The highest BCUT2D eigenvalue weighted by Crippen LogP contribution is 2.63. The minimum absolute atomic E-state index is 0. The summed E-state index contributed by atoms with van der Waals surface area (Å²) in [6.07, 6.45) is 7.09. The maximum absolute atomic E-state index is 15.5. The summed E-state index contributed by atoms with van der Waals surface area (Å²) in [5, 5.41) is 3.58. The first kappa shape index (κ1) is 23.9. The molecule has 6 aliphatic carbocycles. The fourth-order valence-electron chi connectivity index (χ4n) is 8.85. The Bertz CT molecular complexity index is 1180. The predicted molar refractivity (Wildman–Crippen MR) is 131 cm³/mol. The van der Waals surface area contributed by atoms with Gasteiger partial charge in [-0.25, -0.2) is 22.2 Å². The molecule has 8 rings (SSSR count). The number of hydrogen-bond donors (Lipinski definition) is 1. The van der Waals surface area contributed by atoms with Crippen molar-refractivity contribution in [3.63, 3.8) is 0 Å². The van der Waals surface area contributed by atoms with Gasteiger partial charge in [0.25, 0.3) is 5.91 Å². The molecular formula is C25H32ClF2N3O3S. The van der Waals surface area contributed by atoms with Crippen molar-refractivity contribution in [1.82, 2.24) is 9.88 Å². The number of sulfone groups is 1. The van der Waals surface area contributed by atoms with Crippen LogP contribution in [0.5, 0.6) is 0 Å². The highest BCUT2D eigenvalue weighted by atomic mass is 35.5. The fraction of sp³-hybridized carbons (Fsp3) is 0.760. The lowest BCUT2D eigenvalue weighted by Crippen LogP contribution is -2.65. The van der Waals surface area contributed by atoms with E-state index >= 15 is 8.78 Å². The molecule has 1 aromatic rings. The molecule has 0 aromatic carbocycles. The van der Waals surface area contributed by atoms with Gasteiger partial charge in [-0.05, 0) is 61.8 Å². The van der Waals surface area contributed by atoms with Crippen LogP contribution in [-0.4, -0.2) is 65.7 Å².